The highest BCUT2D eigenvalue weighted by Gasteiger charge is 2.36. The number of fused-ring (bicyclic) bond motifs is 3. The van der Waals surface area contributed by atoms with Gasteiger partial charge in [0.2, 0.25) is 0 Å². The quantitative estimate of drug-likeness (QED) is 0.851. The number of nitrogens with one attached hydrogen (secondary N) is 1. The monoisotopic (exact) mass is 288 g/mol. The van der Waals surface area contributed by atoms with Gasteiger partial charge in [-0.15, -0.1) is 0 Å². The van der Waals surface area contributed by atoms with Crippen LogP contribution in [0.3, 0.4) is 0 Å². The molecule has 3 aliphatic rings. The summed E-state index contributed by atoms with van der Waals surface area (Å²) >= 11 is 0. The zero-order valence-electron chi connectivity index (χ0n) is 13.4. The van der Waals surface area contributed by atoms with E-state index in [-0.39, 0.29) is 0 Å². The Balaban J connectivity index is 1.68. The van der Waals surface area contributed by atoms with Gasteiger partial charge in [0.25, 0.3) is 0 Å². The molecule has 116 valence electrons. The molecule has 21 heavy (non-hydrogen) atoms. The van der Waals surface area contributed by atoms with E-state index in [0.717, 1.165) is 19.4 Å². The van der Waals surface area contributed by atoms with Gasteiger partial charge in [0.15, 0.2) is 0 Å². The zero-order chi connectivity index (χ0) is 14.7. The van der Waals surface area contributed by atoms with Crippen LogP contribution in [0.2, 0.25) is 0 Å². The van der Waals surface area contributed by atoms with Gasteiger partial charge in [0, 0.05) is 63.1 Å². The number of hydrogen-bond acceptors (Lipinski definition) is 4. The van der Waals surface area contributed by atoms with Crippen LogP contribution in [0.1, 0.15) is 25.1 Å². The lowest BCUT2D eigenvalue weighted by Gasteiger charge is -2.50. The van der Waals surface area contributed by atoms with E-state index in [2.05, 4.69) is 46.1 Å². The van der Waals surface area contributed by atoms with Crippen LogP contribution in [0.25, 0.3) is 0 Å². The molecule has 0 radical (unpaired) electrons. The Hall–Kier alpha value is -0.970. The average molecular weight is 288 g/mol. The molecule has 0 saturated carbocycles. The second-order valence-electron chi connectivity index (χ2n) is 6.28. The van der Waals surface area contributed by atoms with Crippen molar-refractivity contribution in [1.29, 1.82) is 0 Å². The number of hydrogen-bond donors (Lipinski definition) is 1. The van der Waals surface area contributed by atoms with Crippen molar-refractivity contribution in [1.82, 2.24) is 20.1 Å². The fourth-order valence-electron chi connectivity index (χ4n) is 3.66. The summed E-state index contributed by atoms with van der Waals surface area (Å²) in [6.45, 7) is 11.6. The minimum Gasteiger partial charge on any atom is -0.312 e. The first kappa shape index (κ1) is 14.9. The first-order valence-electron chi connectivity index (χ1n) is 8.43. The van der Waals surface area contributed by atoms with E-state index < -0.39 is 0 Å². The van der Waals surface area contributed by atoms with Crippen molar-refractivity contribution in [2.45, 2.75) is 38.8 Å². The zero-order valence-corrected chi connectivity index (χ0v) is 13.4. The molecule has 1 aromatic rings. The molecule has 2 bridgehead atoms. The third kappa shape index (κ3) is 3.44. The molecule has 0 aliphatic carbocycles. The number of likely N-dealkylation sites (N-methyl/N-ethyl adjacent to an activating group) is 1. The van der Waals surface area contributed by atoms with Gasteiger partial charge in [0.05, 0.1) is 0 Å². The molecule has 0 aromatic carbocycles. The maximum absolute atomic E-state index is 4.66. The van der Waals surface area contributed by atoms with E-state index in [9.17, 15) is 0 Å². The highest BCUT2D eigenvalue weighted by Crippen LogP contribution is 2.20. The lowest BCUT2D eigenvalue weighted by Crippen LogP contribution is -2.66. The smallest absolute Gasteiger partial charge is 0.0419 e. The van der Waals surface area contributed by atoms with E-state index in [1.54, 1.807) is 0 Å². The molecular weight excluding hydrogens is 260 g/mol. The van der Waals surface area contributed by atoms with Crippen LogP contribution >= 0.6 is 0 Å². The Morgan fingerprint density at radius 1 is 1.24 bits per heavy atom. The molecule has 4 rings (SSSR count). The molecule has 1 N–H and O–H groups in total. The van der Waals surface area contributed by atoms with Crippen LogP contribution in [0.4, 0.5) is 0 Å². The third-order valence-electron chi connectivity index (χ3n) is 4.98. The van der Waals surface area contributed by atoms with E-state index in [1.165, 1.54) is 44.0 Å². The molecule has 4 heterocycles. The molecule has 4 nitrogen and oxygen atoms in total. The summed E-state index contributed by atoms with van der Waals surface area (Å²) in [5.74, 6) is 0. The first-order valence-corrected chi connectivity index (χ1v) is 8.43. The van der Waals surface area contributed by atoms with Crippen LogP contribution < -0.4 is 5.32 Å². The van der Waals surface area contributed by atoms with Crippen molar-refractivity contribution in [3.05, 3.63) is 29.6 Å². The summed E-state index contributed by atoms with van der Waals surface area (Å²) < 4.78 is 0. The number of aryl methyl sites for hydroxylation is 1. The predicted molar refractivity (Wildman–Crippen MR) is 86.6 cm³/mol. The second-order valence-corrected chi connectivity index (χ2v) is 6.28. The summed E-state index contributed by atoms with van der Waals surface area (Å²) in [6, 6.07) is 5.58. The lowest BCUT2D eigenvalue weighted by atomic mass is 9.96. The minimum atomic E-state index is 0.512. The Kier molecular flexibility index (Phi) is 4.88. The highest BCUT2D eigenvalue weighted by atomic mass is 15.4. The van der Waals surface area contributed by atoms with Crippen molar-refractivity contribution in [3.8, 4) is 0 Å². The Bertz CT molecular complexity index is 437. The summed E-state index contributed by atoms with van der Waals surface area (Å²) in [6.07, 6.45) is 4.14. The van der Waals surface area contributed by atoms with Crippen molar-refractivity contribution in [2.75, 3.05) is 39.3 Å². The molecular formula is C17H28N4. The van der Waals surface area contributed by atoms with Gasteiger partial charge in [-0.3, -0.25) is 14.8 Å². The molecule has 0 amide bonds. The Morgan fingerprint density at radius 3 is 2.57 bits per heavy atom. The summed E-state index contributed by atoms with van der Waals surface area (Å²) in [4.78, 5) is 9.94. The van der Waals surface area contributed by atoms with Gasteiger partial charge < -0.3 is 5.32 Å². The highest BCUT2D eigenvalue weighted by molar-refractivity contribution is 5.15. The van der Waals surface area contributed by atoms with Crippen LogP contribution in [0.5, 0.6) is 0 Å². The summed E-state index contributed by atoms with van der Waals surface area (Å²) in [5, 5.41) is 3.71. The molecule has 3 aliphatic heterocycles. The van der Waals surface area contributed by atoms with Crippen molar-refractivity contribution >= 4 is 0 Å². The van der Waals surface area contributed by atoms with Gasteiger partial charge in [-0.1, -0.05) is 19.9 Å². The maximum atomic E-state index is 4.66. The van der Waals surface area contributed by atoms with Crippen molar-refractivity contribution < 1.29 is 0 Å². The topological polar surface area (TPSA) is 31.4 Å². The standard InChI is InChI=1S/C17H28N4/c1-3-14-5-6-15(19-12-14)11-16(18-4-2)17-13-20-7-9-21(17)10-8-20/h5-6,12,16-18H,3-4,7-11,13H2,1-2H3. The fourth-order valence-corrected chi connectivity index (χ4v) is 3.66. The van der Waals surface area contributed by atoms with Crippen molar-refractivity contribution in [3.63, 3.8) is 0 Å². The van der Waals surface area contributed by atoms with Gasteiger partial charge in [-0.05, 0) is 24.6 Å². The van der Waals surface area contributed by atoms with E-state index in [0.29, 0.717) is 12.1 Å². The van der Waals surface area contributed by atoms with Crippen LogP contribution in [-0.2, 0) is 12.8 Å². The molecule has 1 aromatic heterocycles. The predicted octanol–water partition coefficient (Wildman–Crippen LogP) is 1.16. The largest absolute Gasteiger partial charge is 0.312 e. The molecule has 2 unspecified atom stereocenters. The molecule has 0 spiro atoms. The van der Waals surface area contributed by atoms with E-state index >= 15 is 0 Å². The normalized spacial score (nSPS) is 29.5. The van der Waals surface area contributed by atoms with Crippen LogP contribution in [0, 0.1) is 0 Å². The number of piperazine rings is 3. The summed E-state index contributed by atoms with van der Waals surface area (Å²) in [7, 11) is 0. The number of nitrogens with zero attached hydrogens (tertiary/aromatic N) is 3. The Labute approximate surface area is 128 Å². The molecule has 3 saturated heterocycles. The van der Waals surface area contributed by atoms with Gasteiger partial charge in [0.1, 0.15) is 0 Å². The number of aromatic nitrogens is 1. The molecule has 3 fully saturated rings. The summed E-state index contributed by atoms with van der Waals surface area (Å²) in [5.41, 5.74) is 2.54. The third-order valence-corrected chi connectivity index (χ3v) is 4.98. The number of rotatable bonds is 6. The molecule has 2 atom stereocenters. The first-order chi connectivity index (χ1) is 10.3. The van der Waals surface area contributed by atoms with Crippen molar-refractivity contribution in [2.24, 2.45) is 0 Å². The SMILES string of the molecule is CCNC(Cc1ccc(CC)cn1)C1CN2CCN1CC2. The lowest BCUT2D eigenvalue weighted by molar-refractivity contribution is -0.00302. The van der Waals surface area contributed by atoms with Gasteiger partial charge in [-0.25, -0.2) is 0 Å². The van der Waals surface area contributed by atoms with Crippen LogP contribution in [-0.4, -0.2) is 66.1 Å². The van der Waals surface area contributed by atoms with E-state index in [1.807, 2.05) is 6.20 Å². The average Bonchev–Trinajstić information content (AvgIpc) is 2.56. The second kappa shape index (κ2) is 6.86. The van der Waals surface area contributed by atoms with Crippen LogP contribution in [0.15, 0.2) is 18.3 Å². The molecule has 4 heteroatoms. The minimum absolute atomic E-state index is 0.512. The van der Waals surface area contributed by atoms with Gasteiger partial charge in [-0.2, -0.15) is 0 Å². The fraction of sp³-hybridized carbons (Fsp3) is 0.706. The Morgan fingerprint density at radius 2 is 2.05 bits per heavy atom. The van der Waals surface area contributed by atoms with E-state index in [4.69, 9.17) is 0 Å². The number of pyridine rings is 1. The maximum Gasteiger partial charge on any atom is 0.0419 e. The van der Waals surface area contributed by atoms with Gasteiger partial charge >= 0.3 is 0 Å².